The highest BCUT2D eigenvalue weighted by Gasteiger charge is 2.16. The minimum Gasteiger partial charge on any atom is -0.358 e. The Kier molecular flexibility index (Phi) is 5.51. The Morgan fingerprint density at radius 3 is 2.67 bits per heavy atom. The number of anilines is 1. The maximum absolute atomic E-state index is 12.1. The standard InChI is InChI=1S/C17H17ClN6O3/c1-12-10-16(24(26)27)21-23(12)9-7-17(25)19-15-6-8-22(20-15)11-13-2-4-14(18)5-3-13/h2-6,8,10H,7,9,11H2,1H3,(H,19,20,25). The Labute approximate surface area is 159 Å². The summed E-state index contributed by atoms with van der Waals surface area (Å²) in [6, 6.07) is 10.5. The largest absolute Gasteiger partial charge is 0.390 e. The van der Waals surface area contributed by atoms with Crippen LogP contribution in [0.15, 0.2) is 42.6 Å². The molecule has 0 saturated heterocycles. The van der Waals surface area contributed by atoms with E-state index in [0.29, 0.717) is 23.1 Å². The van der Waals surface area contributed by atoms with Crippen molar-refractivity contribution >= 4 is 29.1 Å². The summed E-state index contributed by atoms with van der Waals surface area (Å²) in [5, 5.41) is 22.3. The highest BCUT2D eigenvalue weighted by molar-refractivity contribution is 6.30. The van der Waals surface area contributed by atoms with Crippen LogP contribution in [-0.2, 0) is 17.9 Å². The van der Waals surface area contributed by atoms with E-state index in [2.05, 4.69) is 15.5 Å². The zero-order valence-corrected chi connectivity index (χ0v) is 15.3. The van der Waals surface area contributed by atoms with Crippen molar-refractivity contribution in [2.45, 2.75) is 26.4 Å². The van der Waals surface area contributed by atoms with Gasteiger partial charge in [-0.3, -0.25) is 9.48 Å². The van der Waals surface area contributed by atoms with E-state index in [9.17, 15) is 14.9 Å². The number of hydrogen-bond acceptors (Lipinski definition) is 5. The maximum Gasteiger partial charge on any atom is 0.390 e. The Balaban J connectivity index is 1.53. The molecule has 9 nitrogen and oxygen atoms in total. The quantitative estimate of drug-likeness (QED) is 0.494. The minimum absolute atomic E-state index is 0.129. The molecule has 0 aliphatic rings. The van der Waals surface area contributed by atoms with Crippen LogP contribution in [0.4, 0.5) is 11.6 Å². The third-order valence-electron chi connectivity index (χ3n) is 3.87. The van der Waals surface area contributed by atoms with Crippen molar-refractivity contribution in [3.8, 4) is 0 Å². The van der Waals surface area contributed by atoms with Crippen LogP contribution in [0.3, 0.4) is 0 Å². The molecule has 0 aliphatic heterocycles. The second-order valence-corrected chi connectivity index (χ2v) is 6.38. The van der Waals surface area contributed by atoms with Gasteiger partial charge < -0.3 is 15.4 Å². The molecule has 27 heavy (non-hydrogen) atoms. The molecule has 1 N–H and O–H groups in total. The lowest BCUT2D eigenvalue weighted by Crippen LogP contribution is -2.16. The van der Waals surface area contributed by atoms with Gasteiger partial charge in [0.1, 0.15) is 0 Å². The summed E-state index contributed by atoms with van der Waals surface area (Å²) in [5.74, 6) is -0.0321. The second kappa shape index (κ2) is 8.00. The van der Waals surface area contributed by atoms with Crippen LogP contribution in [0.1, 0.15) is 17.7 Å². The number of aryl methyl sites for hydroxylation is 2. The number of carbonyl (C=O) groups excluding carboxylic acids is 1. The Bertz CT molecular complexity index is 963. The summed E-state index contributed by atoms with van der Waals surface area (Å²) in [6.45, 7) is 2.51. The first-order chi connectivity index (χ1) is 12.9. The molecule has 0 fully saturated rings. The number of aromatic nitrogens is 4. The third-order valence-corrected chi connectivity index (χ3v) is 4.12. The molecule has 0 bridgehead atoms. The molecule has 3 rings (SSSR count). The van der Waals surface area contributed by atoms with E-state index in [-0.39, 0.29) is 24.7 Å². The van der Waals surface area contributed by atoms with Gasteiger partial charge in [-0.1, -0.05) is 23.7 Å². The number of benzene rings is 1. The molecular formula is C17H17ClN6O3. The smallest absolute Gasteiger partial charge is 0.358 e. The number of amides is 1. The number of hydrogen-bond donors (Lipinski definition) is 1. The Hall–Kier alpha value is -3.20. The van der Waals surface area contributed by atoms with Gasteiger partial charge in [-0.2, -0.15) is 9.78 Å². The average Bonchev–Trinajstić information content (AvgIpc) is 3.21. The molecule has 0 atom stereocenters. The molecule has 0 saturated carbocycles. The zero-order chi connectivity index (χ0) is 19.4. The van der Waals surface area contributed by atoms with Crippen LogP contribution >= 0.6 is 11.6 Å². The molecule has 140 valence electrons. The van der Waals surface area contributed by atoms with Gasteiger partial charge >= 0.3 is 5.82 Å². The van der Waals surface area contributed by atoms with Gasteiger partial charge in [0.2, 0.25) is 5.91 Å². The lowest BCUT2D eigenvalue weighted by molar-refractivity contribution is -0.389. The fourth-order valence-electron chi connectivity index (χ4n) is 2.51. The summed E-state index contributed by atoms with van der Waals surface area (Å²) in [5.41, 5.74) is 1.66. The molecular weight excluding hydrogens is 372 g/mol. The van der Waals surface area contributed by atoms with E-state index in [1.54, 1.807) is 23.9 Å². The molecule has 2 aromatic heterocycles. The highest BCUT2D eigenvalue weighted by atomic mass is 35.5. The SMILES string of the molecule is Cc1cc([N+](=O)[O-])nn1CCC(=O)Nc1ccn(Cc2ccc(Cl)cc2)n1. The molecule has 1 amide bonds. The number of carbonyl (C=O) groups is 1. The first kappa shape index (κ1) is 18.6. The molecule has 1 aromatic carbocycles. The first-order valence-electron chi connectivity index (χ1n) is 8.17. The second-order valence-electron chi connectivity index (χ2n) is 5.95. The number of nitrogens with one attached hydrogen (secondary N) is 1. The van der Waals surface area contributed by atoms with Crippen LogP contribution in [0.25, 0.3) is 0 Å². The Morgan fingerprint density at radius 1 is 1.26 bits per heavy atom. The number of nitrogens with zero attached hydrogens (tertiary/aromatic N) is 5. The third kappa shape index (κ3) is 4.91. The molecule has 0 aliphatic carbocycles. The Morgan fingerprint density at radius 2 is 2.00 bits per heavy atom. The fourth-order valence-corrected chi connectivity index (χ4v) is 2.64. The van der Waals surface area contributed by atoms with Gasteiger partial charge in [0.25, 0.3) is 0 Å². The van der Waals surface area contributed by atoms with Gasteiger partial charge in [0.15, 0.2) is 5.82 Å². The topological polar surface area (TPSA) is 108 Å². The van der Waals surface area contributed by atoms with Gasteiger partial charge in [-0.15, -0.1) is 0 Å². The van der Waals surface area contributed by atoms with E-state index in [1.165, 1.54) is 10.7 Å². The van der Waals surface area contributed by atoms with Crippen molar-refractivity contribution in [1.29, 1.82) is 0 Å². The van der Waals surface area contributed by atoms with Crippen LogP contribution in [-0.4, -0.2) is 30.4 Å². The van der Waals surface area contributed by atoms with E-state index >= 15 is 0 Å². The summed E-state index contributed by atoms with van der Waals surface area (Å²) in [4.78, 5) is 22.3. The molecule has 10 heteroatoms. The number of rotatable bonds is 7. The highest BCUT2D eigenvalue weighted by Crippen LogP contribution is 2.13. The van der Waals surface area contributed by atoms with Crippen molar-refractivity contribution in [3.63, 3.8) is 0 Å². The van der Waals surface area contributed by atoms with Gasteiger partial charge in [0, 0.05) is 23.7 Å². The van der Waals surface area contributed by atoms with Crippen molar-refractivity contribution in [1.82, 2.24) is 19.6 Å². The maximum atomic E-state index is 12.1. The monoisotopic (exact) mass is 388 g/mol. The molecule has 3 aromatic rings. The van der Waals surface area contributed by atoms with Crippen molar-refractivity contribution < 1.29 is 9.72 Å². The predicted molar refractivity (Wildman–Crippen MR) is 99.6 cm³/mol. The average molecular weight is 389 g/mol. The number of halogens is 1. The van der Waals surface area contributed by atoms with Gasteiger partial charge in [0.05, 0.1) is 29.9 Å². The van der Waals surface area contributed by atoms with Crippen molar-refractivity contribution in [2.75, 3.05) is 5.32 Å². The van der Waals surface area contributed by atoms with E-state index < -0.39 is 4.92 Å². The lowest BCUT2D eigenvalue weighted by atomic mass is 10.2. The summed E-state index contributed by atoms with van der Waals surface area (Å²) < 4.78 is 3.15. The zero-order valence-electron chi connectivity index (χ0n) is 14.5. The summed E-state index contributed by atoms with van der Waals surface area (Å²) >= 11 is 5.87. The van der Waals surface area contributed by atoms with Crippen LogP contribution in [0, 0.1) is 17.0 Å². The predicted octanol–water partition coefficient (Wildman–Crippen LogP) is 3.03. The normalized spacial score (nSPS) is 10.7. The lowest BCUT2D eigenvalue weighted by Gasteiger charge is -2.03. The molecule has 0 unspecified atom stereocenters. The van der Waals surface area contributed by atoms with E-state index in [4.69, 9.17) is 11.6 Å². The van der Waals surface area contributed by atoms with Crippen molar-refractivity contribution in [2.24, 2.45) is 0 Å². The van der Waals surface area contributed by atoms with Crippen LogP contribution in [0.5, 0.6) is 0 Å². The minimum atomic E-state index is -0.559. The molecule has 0 spiro atoms. The van der Waals surface area contributed by atoms with Crippen molar-refractivity contribution in [3.05, 3.63) is 69.0 Å². The van der Waals surface area contributed by atoms with Gasteiger partial charge in [-0.25, -0.2) is 0 Å². The van der Waals surface area contributed by atoms with E-state index in [1.807, 2.05) is 24.3 Å². The summed E-state index contributed by atoms with van der Waals surface area (Å²) in [7, 11) is 0. The summed E-state index contributed by atoms with van der Waals surface area (Å²) in [6.07, 6.45) is 1.90. The van der Waals surface area contributed by atoms with Crippen LogP contribution in [0.2, 0.25) is 5.02 Å². The fraction of sp³-hybridized carbons (Fsp3) is 0.235. The molecule has 0 radical (unpaired) electrons. The van der Waals surface area contributed by atoms with E-state index in [0.717, 1.165) is 5.56 Å². The molecule has 2 heterocycles. The number of nitro groups is 1. The van der Waals surface area contributed by atoms with Gasteiger partial charge in [-0.05, 0) is 29.5 Å². The first-order valence-corrected chi connectivity index (χ1v) is 8.55. The van der Waals surface area contributed by atoms with Crippen LogP contribution < -0.4 is 5.32 Å².